The first-order chi connectivity index (χ1) is 7.52. The molecule has 0 radical (unpaired) electrons. The van der Waals surface area contributed by atoms with Gasteiger partial charge in [-0.3, -0.25) is 0 Å². The van der Waals surface area contributed by atoms with E-state index in [0.29, 0.717) is 0 Å². The molecule has 0 amide bonds. The third kappa shape index (κ3) is 2.65. The van der Waals surface area contributed by atoms with Gasteiger partial charge >= 0.3 is 5.82 Å². The second kappa shape index (κ2) is 4.86. The summed E-state index contributed by atoms with van der Waals surface area (Å²) in [6.45, 7) is 0.842. The molecular weight excluding hydrogens is 214 g/mol. The Morgan fingerprint density at radius 3 is 2.69 bits per heavy atom. The molecule has 0 aliphatic rings. The largest absolute Gasteiger partial charge is 0.394 e. The number of aromatic nitrogens is 1. The molecule has 7 heteroatoms. The molecule has 0 aliphatic heterocycles. The smallest absolute Gasteiger partial charge is 0.386 e. The van der Waals surface area contributed by atoms with Crippen LogP contribution in [0.3, 0.4) is 0 Å². The van der Waals surface area contributed by atoms with Crippen LogP contribution in [0.4, 0.5) is 11.5 Å². The number of nitrogens with zero attached hydrogens (tertiary/aromatic N) is 2. The number of nitro groups is 1. The van der Waals surface area contributed by atoms with E-state index >= 15 is 0 Å². The summed E-state index contributed by atoms with van der Waals surface area (Å²) in [4.78, 5) is 13.6. The Kier molecular flexibility index (Phi) is 3.75. The lowest BCUT2D eigenvalue weighted by molar-refractivity contribution is -0.388. The lowest BCUT2D eigenvalue weighted by atomic mass is 10.1. The summed E-state index contributed by atoms with van der Waals surface area (Å²) in [5.41, 5.74) is -0.855. The van der Waals surface area contributed by atoms with Gasteiger partial charge in [0.1, 0.15) is 11.9 Å². The van der Waals surface area contributed by atoms with Gasteiger partial charge in [-0.1, -0.05) is 0 Å². The molecule has 1 heterocycles. The van der Waals surface area contributed by atoms with Crippen molar-refractivity contribution >= 4 is 11.5 Å². The zero-order chi connectivity index (χ0) is 12.2. The molecular formula is C9H13N3O4. The van der Waals surface area contributed by atoms with E-state index in [0.717, 1.165) is 0 Å². The second-order valence-corrected chi connectivity index (χ2v) is 3.63. The Balaban J connectivity index is 3.01. The Labute approximate surface area is 91.9 Å². The Hall–Kier alpha value is -1.73. The average molecular weight is 227 g/mol. The van der Waals surface area contributed by atoms with Crippen LogP contribution in [0.1, 0.15) is 6.92 Å². The molecule has 3 N–H and O–H groups in total. The number of aliphatic hydroxyl groups is 2. The summed E-state index contributed by atoms with van der Waals surface area (Å²) >= 11 is 0. The van der Waals surface area contributed by atoms with E-state index in [1.807, 2.05) is 0 Å². The lowest BCUT2D eigenvalue weighted by Gasteiger charge is -2.26. The van der Waals surface area contributed by atoms with Crippen LogP contribution in [0.5, 0.6) is 0 Å². The average Bonchev–Trinajstić information content (AvgIpc) is 2.29. The third-order valence-corrected chi connectivity index (χ3v) is 2.09. The van der Waals surface area contributed by atoms with E-state index in [1.54, 1.807) is 6.92 Å². The Bertz CT molecular complexity index is 379. The molecule has 0 aliphatic carbocycles. The first-order valence-electron chi connectivity index (χ1n) is 4.62. The van der Waals surface area contributed by atoms with Crippen molar-refractivity contribution in [2.45, 2.75) is 12.5 Å². The summed E-state index contributed by atoms with van der Waals surface area (Å²) in [6, 6.07) is 3.00. The molecule has 0 spiro atoms. The van der Waals surface area contributed by atoms with Gasteiger partial charge in [0.2, 0.25) is 0 Å². The molecule has 1 aromatic rings. The molecule has 0 bridgehead atoms. The van der Waals surface area contributed by atoms with Crippen molar-refractivity contribution in [3.63, 3.8) is 0 Å². The zero-order valence-corrected chi connectivity index (χ0v) is 8.75. The van der Waals surface area contributed by atoms with Gasteiger partial charge < -0.3 is 25.6 Å². The van der Waals surface area contributed by atoms with Crippen LogP contribution in [0.2, 0.25) is 0 Å². The zero-order valence-electron chi connectivity index (χ0n) is 8.75. The first-order valence-corrected chi connectivity index (χ1v) is 4.62. The predicted octanol–water partition coefficient (Wildman–Crippen LogP) is 0.145. The fourth-order valence-electron chi connectivity index (χ4n) is 1.09. The highest BCUT2D eigenvalue weighted by molar-refractivity contribution is 5.58. The Morgan fingerprint density at radius 1 is 1.56 bits per heavy atom. The summed E-state index contributed by atoms with van der Waals surface area (Å²) < 4.78 is 0. The van der Waals surface area contributed by atoms with Gasteiger partial charge in [-0.25, -0.2) is 0 Å². The molecule has 0 atom stereocenters. The number of rotatable bonds is 5. The second-order valence-electron chi connectivity index (χ2n) is 3.63. The van der Waals surface area contributed by atoms with Crippen LogP contribution in [0, 0.1) is 10.1 Å². The number of nitrogens with one attached hydrogen (secondary N) is 1. The van der Waals surface area contributed by atoms with Crippen LogP contribution in [0.25, 0.3) is 0 Å². The maximum absolute atomic E-state index is 10.7. The van der Waals surface area contributed by atoms with Crippen molar-refractivity contribution in [3.05, 3.63) is 28.4 Å². The number of hydrogen-bond acceptors (Lipinski definition) is 6. The monoisotopic (exact) mass is 227 g/mol. The maximum Gasteiger partial charge on any atom is 0.386 e. The summed E-state index contributed by atoms with van der Waals surface area (Å²) in [6.07, 6.45) is 1.30. The van der Waals surface area contributed by atoms with Crippen molar-refractivity contribution in [2.75, 3.05) is 18.5 Å². The van der Waals surface area contributed by atoms with Gasteiger partial charge in [0.05, 0.1) is 18.8 Å². The molecule has 1 rings (SSSR count). The van der Waals surface area contributed by atoms with E-state index in [9.17, 15) is 10.1 Å². The topological polar surface area (TPSA) is 109 Å². The van der Waals surface area contributed by atoms with Gasteiger partial charge in [0.15, 0.2) is 0 Å². The van der Waals surface area contributed by atoms with Crippen LogP contribution in [-0.2, 0) is 0 Å². The molecule has 0 saturated heterocycles. The molecule has 0 fully saturated rings. The van der Waals surface area contributed by atoms with E-state index in [2.05, 4.69) is 10.3 Å². The minimum Gasteiger partial charge on any atom is -0.394 e. The molecule has 7 nitrogen and oxygen atoms in total. The number of hydrogen-bond donors (Lipinski definition) is 3. The molecule has 16 heavy (non-hydrogen) atoms. The molecule has 0 saturated carbocycles. The van der Waals surface area contributed by atoms with Gasteiger partial charge in [-0.05, 0) is 29.0 Å². The summed E-state index contributed by atoms with van der Waals surface area (Å²) in [7, 11) is 0. The number of pyridine rings is 1. The highest BCUT2D eigenvalue weighted by Gasteiger charge is 2.26. The van der Waals surface area contributed by atoms with E-state index in [-0.39, 0.29) is 24.7 Å². The molecule has 88 valence electrons. The van der Waals surface area contributed by atoms with Crippen LogP contribution >= 0.6 is 0 Å². The van der Waals surface area contributed by atoms with Crippen LogP contribution < -0.4 is 5.32 Å². The first kappa shape index (κ1) is 12.3. The summed E-state index contributed by atoms with van der Waals surface area (Å²) in [5.74, 6) is -0.337. The number of anilines is 1. The molecule has 0 aromatic carbocycles. The highest BCUT2D eigenvalue weighted by atomic mass is 16.6. The quantitative estimate of drug-likeness (QED) is 0.488. The van der Waals surface area contributed by atoms with Crippen molar-refractivity contribution in [1.29, 1.82) is 0 Å². The van der Waals surface area contributed by atoms with Gasteiger partial charge in [0, 0.05) is 0 Å². The molecule has 0 unspecified atom stereocenters. The van der Waals surface area contributed by atoms with E-state index in [1.165, 1.54) is 18.3 Å². The summed E-state index contributed by atoms with van der Waals surface area (Å²) in [5, 5.41) is 31.5. The van der Waals surface area contributed by atoms with Crippen molar-refractivity contribution in [2.24, 2.45) is 0 Å². The number of aliphatic hydroxyl groups excluding tert-OH is 2. The fourth-order valence-corrected chi connectivity index (χ4v) is 1.09. The Morgan fingerprint density at radius 2 is 2.19 bits per heavy atom. The van der Waals surface area contributed by atoms with Crippen LogP contribution in [0.15, 0.2) is 18.3 Å². The third-order valence-electron chi connectivity index (χ3n) is 2.09. The van der Waals surface area contributed by atoms with Gasteiger partial charge in [-0.15, -0.1) is 0 Å². The van der Waals surface area contributed by atoms with Crippen molar-refractivity contribution < 1.29 is 15.1 Å². The molecule has 1 aromatic heterocycles. The minimum atomic E-state index is -1.02. The van der Waals surface area contributed by atoms with Crippen LogP contribution in [-0.4, -0.2) is 38.9 Å². The predicted molar refractivity (Wildman–Crippen MR) is 57.1 cm³/mol. The SMILES string of the molecule is CC(CO)(CO)Nc1cccnc1[N+](=O)[O-]. The minimum absolute atomic E-state index is 0.165. The van der Waals surface area contributed by atoms with Gasteiger partial charge in [-0.2, -0.15) is 0 Å². The lowest BCUT2D eigenvalue weighted by Crippen LogP contribution is -2.42. The normalized spacial score (nSPS) is 11.2. The highest BCUT2D eigenvalue weighted by Crippen LogP contribution is 2.23. The van der Waals surface area contributed by atoms with Gasteiger partial charge in [0.25, 0.3) is 0 Å². The standard InChI is InChI=1S/C9H13N3O4/c1-9(5-13,6-14)11-7-3-2-4-10-8(7)12(15)16/h2-4,11,13-14H,5-6H2,1H3. The maximum atomic E-state index is 10.7. The fraction of sp³-hybridized carbons (Fsp3) is 0.444. The van der Waals surface area contributed by atoms with E-state index < -0.39 is 10.5 Å². The van der Waals surface area contributed by atoms with Crippen molar-refractivity contribution in [1.82, 2.24) is 4.98 Å². The van der Waals surface area contributed by atoms with Crippen molar-refractivity contribution in [3.8, 4) is 0 Å². The van der Waals surface area contributed by atoms with E-state index in [4.69, 9.17) is 10.2 Å².